The molecule has 2 aromatic carbocycles. The molecule has 1 aliphatic heterocycles. The van der Waals surface area contributed by atoms with E-state index >= 15 is 0 Å². The van der Waals surface area contributed by atoms with Gasteiger partial charge in [0.2, 0.25) is 15.9 Å². The molecular weight excluding hydrogens is 736 g/mol. The zero-order valence-corrected chi connectivity index (χ0v) is 28.9. The number of nitriles is 1. The molecule has 0 bridgehead atoms. The van der Waals surface area contributed by atoms with Crippen molar-refractivity contribution in [2.24, 2.45) is 0 Å². The van der Waals surface area contributed by atoms with E-state index in [0.717, 1.165) is 10.4 Å². The van der Waals surface area contributed by atoms with Crippen LogP contribution in [0, 0.1) is 11.3 Å². The minimum atomic E-state index is -4.59. The molecule has 1 saturated heterocycles. The first-order valence-corrected chi connectivity index (χ1v) is 17.8. The molecule has 51 heavy (non-hydrogen) atoms. The molecule has 2 heterocycles. The molecule has 3 N–H and O–H groups in total. The number of hydrogen-bond donors (Lipinski definition) is 3. The summed E-state index contributed by atoms with van der Waals surface area (Å²) >= 11 is 12.1. The van der Waals surface area contributed by atoms with E-state index in [9.17, 15) is 46.3 Å². The predicted molar refractivity (Wildman–Crippen MR) is 180 cm³/mol. The van der Waals surface area contributed by atoms with Gasteiger partial charge in [0.05, 0.1) is 38.7 Å². The number of sulfonamides is 1. The lowest BCUT2D eigenvalue weighted by molar-refractivity contribution is -0.160. The number of anilines is 1. The van der Waals surface area contributed by atoms with Crippen LogP contribution in [-0.4, -0.2) is 88.9 Å². The molecule has 5 rings (SSSR count). The lowest BCUT2D eigenvalue weighted by Gasteiger charge is -2.41. The lowest BCUT2D eigenvalue weighted by atomic mass is 9.90. The highest BCUT2D eigenvalue weighted by atomic mass is 35.5. The lowest BCUT2D eigenvalue weighted by Crippen LogP contribution is -2.51. The minimum absolute atomic E-state index is 0.00301. The number of aromatic nitrogens is 1. The molecule has 2 fully saturated rings. The minimum Gasteiger partial charge on any atom is -0.480 e. The van der Waals surface area contributed by atoms with Gasteiger partial charge in [-0.3, -0.25) is 19.5 Å². The fourth-order valence-corrected chi connectivity index (χ4v) is 8.34. The van der Waals surface area contributed by atoms with E-state index in [1.165, 1.54) is 59.8 Å². The Morgan fingerprint density at radius 1 is 1.08 bits per heavy atom. The standard InChI is InChI=1S/C33H31Cl2F3N6O6S/c34-25-15-40-16-26(35)29(25)31(46)41-21-9-7-19(8-10-21)12-27(32(47)48)42-30(45)28-13-23(43(18-33(36,37)38)22-4-2-5-22)17-44(28)51(49,50)24-6-1-3-20(11-24)14-39/h1,3,6-11,15-16,22-23,27-28H,2,4-5,12-13,17-18H2,(H,41,46)(H,42,45)(H,47,48)/t23-,27+,28+/m1/s1. The summed E-state index contributed by atoms with van der Waals surface area (Å²) in [6.07, 6.45) is -0.984. The van der Waals surface area contributed by atoms with E-state index in [1.54, 1.807) is 0 Å². The molecule has 0 spiro atoms. The number of hydrogen-bond acceptors (Lipinski definition) is 8. The van der Waals surface area contributed by atoms with Crippen LogP contribution >= 0.6 is 23.2 Å². The van der Waals surface area contributed by atoms with Gasteiger partial charge in [-0.2, -0.15) is 22.7 Å². The highest BCUT2D eigenvalue weighted by molar-refractivity contribution is 7.89. The van der Waals surface area contributed by atoms with Gasteiger partial charge in [-0.25, -0.2) is 13.2 Å². The molecule has 2 amide bonds. The van der Waals surface area contributed by atoms with E-state index < -0.39 is 71.2 Å². The SMILES string of the molecule is N#Cc1cccc(S(=O)(=O)N2C[C@H](N(CC(F)(F)F)C3CCC3)C[C@H]2C(=O)N[C@@H](Cc2ccc(NC(=O)c3c(Cl)cncc3Cl)cc2)C(=O)O)c1. The topological polar surface area (TPSA) is 173 Å². The second-order valence-corrected chi connectivity index (χ2v) is 14.9. The second kappa shape index (κ2) is 15.5. The summed E-state index contributed by atoms with van der Waals surface area (Å²) in [5.41, 5.74) is 0.756. The largest absolute Gasteiger partial charge is 0.480 e. The zero-order valence-electron chi connectivity index (χ0n) is 26.6. The summed E-state index contributed by atoms with van der Waals surface area (Å²) in [4.78, 5) is 43.5. The third-order valence-electron chi connectivity index (χ3n) is 8.83. The summed E-state index contributed by atoms with van der Waals surface area (Å²) in [5.74, 6) is -3.06. The van der Waals surface area contributed by atoms with Crippen LogP contribution in [0.1, 0.15) is 47.2 Å². The Labute approximate surface area is 301 Å². The van der Waals surface area contributed by atoms with Crippen LogP contribution in [0.15, 0.2) is 65.8 Å². The normalized spacial score (nSPS) is 18.8. The Morgan fingerprint density at radius 3 is 2.31 bits per heavy atom. The molecule has 3 aromatic rings. The van der Waals surface area contributed by atoms with Gasteiger partial charge in [-0.05, 0) is 55.2 Å². The van der Waals surface area contributed by atoms with E-state index in [1.807, 2.05) is 6.07 Å². The number of carbonyl (C=O) groups excluding carboxylic acids is 2. The summed E-state index contributed by atoms with van der Waals surface area (Å²) in [6.45, 7) is -1.75. The molecule has 12 nitrogen and oxygen atoms in total. The highest BCUT2D eigenvalue weighted by Crippen LogP contribution is 2.36. The Bertz CT molecular complexity index is 1940. The Morgan fingerprint density at radius 2 is 1.75 bits per heavy atom. The number of rotatable bonds is 12. The number of nitrogens with zero attached hydrogens (tertiary/aromatic N) is 4. The third kappa shape index (κ3) is 8.97. The van der Waals surface area contributed by atoms with Crippen molar-refractivity contribution in [3.8, 4) is 6.07 Å². The molecular formula is C33H31Cl2F3N6O6S. The van der Waals surface area contributed by atoms with Crippen molar-refractivity contribution >= 4 is 56.7 Å². The zero-order chi connectivity index (χ0) is 37.1. The average molecular weight is 768 g/mol. The van der Waals surface area contributed by atoms with Gasteiger partial charge in [-0.1, -0.05) is 47.8 Å². The van der Waals surface area contributed by atoms with Crippen LogP contribution in [0.4, 0.5) is 18.9 Å². The van der Waals surface area contributed by atoms with Gasteiger partial charge in [0.1, 0.15) is 12.1 Å². The molecule has 1 aliphatic carbocycles. The van der Waals surface area contributed by atoms with Crippen molar-refractivity contribution in [3.63, 3.8) is 0 Å². The van der Waals surface area contributed by atoms with Crippen LogP contribution in [0.3, 0.4) is 0 Å². The number of carboxylic acid groups (broad SMARTS) is 1. The number of pyridine rings is 1. The van der Waals surface area contributed by atoms with Gasteiger partial charge in [0, 0.05) is 43.1 Å². The second-order valence-electron chi connectivity index (χ2n) is 12.2. The maximum absolute atomic E-state index is 13.9. The first-order chi connectivity index (χ1) is 24.1. The quantitative estimate of drug-likeness (QED) is 0.233. The number of amides is 2. The van der Waals surface area contributed by atoms with Gasteiger partial charge in [0.15, 0.2) is 0 Å². The van der Waals surface area contributed by atoms with Crippen molar-refractivity contribution in [1.82, 2.24) is 19.5 Å². The van der Waals surface area contributed by atoms with Crippen LogP contribution in [0.5, 0.6) is 0 Å². The molecule has 0 unspecified atom stereocenters. The maximum Gasteiger partial charge on any atom is 0.401 e. The molecule has 1 saturated carbocycles. The monoisotopic (exact) mass is 766 g/mol. The molecule has 3 atom stereocenters. The number of carbonyl (C=O) groups is 3. The van der Waals surface area contributed by atoms with E-state index in [0.29, 0.717) is 30.5 Å². The molecule has 18 heteroatoms. The van der Waals surface area contributed by atoms with E-state index in [4.69, 9.17) is 23.2 Å². The van der Waals surface area contributed by atoms with Gasteiger partial charge in [-0.15, -0.1) is 0 Å². The van der Waals surface area contributed by atoms with Gasteiger partial charge < -0.3 is 15.7 Å². The number of nitrogens with one attached hydrogen (secondary N) is 2. The van der Waals surface area contributed by atoms with E-state index in [2.05, 4.69) is 15.6 Å². The van der Waals surface area contributed by atoms with Gasteiger partial charge >= 0.3 is 12.1 Å². The van der Waals surface area contributed by atoms with Crippen LogP contribution in [0.25, 0.3) is 0 Å². The van der Waals surface area contributed by atoms with Crippen LogP contribution < -0.4 is 10.6 Å². The molecule has 1 aromatic heterocycles. The van der Waals surface area contributed by atoms with Crippen molar-refractivity contribution < 1.29 is 41.1 Å². The third-order valence-corrected chi connectivity index (χ3v) is 11.3. The van der Waals surface area contributed by atoms with E-state index in [-0.39, 0.29) is 38.9 Å². The number of halogens is 5. The maximum atomic E-state index is 13.9. The van der Waals surface area contributed by atoms with Crippen molar-refractivity contribution in [2.45, 2.75) is 67.3 Å². The smallest absolute Gasteiger partial charge is 0.401 e. The number of aliphatic carboxylic acids is 1. The van der Waals surface area contributed by atoms with Crippen molar-refractivity contribution in [2.75, 3.05) is 18.4 Å². The average Bonchev–Trinajstić information content (AvgIpc) is 3.50. The summed E-state index contributed by atoms with van der Waals surface area (Å²) < 4.78 is 69.7. The fourth-order valence-electron chi connectivity index (χ4n) is 6.12. The number of benzene rings is 2. The molecule has 0 radical (unpaired) electrons. The van der Waals surface area contributed by atoms with Crippen LogP contribution in [0.2, 0.25) is 10.0 Å². The Hall–Kier alpha value is -4.27. The van der Waals surface area contributed by atoms with Crippen molar-refractivity contribution in [1.29, 1.82) is 5.26 Å². The number of alkyl halides is 3. The molecule has 270 valence electrons. The van der Waals surface area contributed by atoms with Crippen LogP contribution in [-0.2, 0) is 26.0 Å². The van der Waals surface area contributed by atoms with Gasteiger partial charge in [0.25, 0.3) is 5.91 Å². The summed E-state index contributed by atoms with van der Waals surface area (Å²) in [7, 11) is -4.53. The Kier molecular flexibility index (Phi) is 11.6. The number of carboxylic acids is 1. The predicted octanol–water partition coefficient (Wildman–Crippen LogP) is 4.87. The highest BCUT2D eigenvalue weighted by Gasteiger charge is 2.49. The summed E-state index contributed by atoms with van der Waals surface area (Å²) in [6, 6.07) is 8.28. The first-order valence-electron chi connectivity index (χ1n) is 15.6. The van der Waals surface area contributed by atoms with Crippen molar-refractivity contribution in [3.05, 3.63) is 87.7 Å². The summed E-state index contributed by atoms with van der Waals surface area (Å²) in [5, 5.41) is 24.4. The first kappa shape index (κ1) is 38.0. The fraction of sp³-hybridized carbons (Fsp3) is 0.364. The molecule has 2 aliphatic rings. The Balaban J connectivity index is 1.36.